The molecule has 4 N–H and O–H groups in total. The Bertz CT molecular complexity index is 929. The molecule has 1 aromatic carbocycles. The number of halogens is 1. The maximum absolute atomic E-state index is 14.1. The van der Waals surface area contributed by atoms with E-state index in [9.17, 15) is 14.3 Å². The quantitative estimate of drug-likeness (QED) is 0.590. The van der Waals surface area contributed by atoms with E-state index in [0.29, 0.717) is 22.6 Å². The van der Waals surface area contributed by atoms with Crippen LogP contribution in [0, 0.1) is 5.82 Å². The molecule has 0 bridgehead atoms. The van der Waals surface area contributed by atoms with Crippen molar-refractivity contribution in [2.45, 2.75) is 13.0 Å². The standard InChI is InChI=1S/C19H17FN4O2/c20-15-5-3-12(9-18(26)16-6-4-14(25)11-24-16)8-13(15)10-23-17-2-1-7-22-19(17)21/h1-8,11,23,25H,9-10H2,(H2,21,22). The van der Waals surface area contributed by atoms with Gasteiger partial charge < -0.3 is 16.2 Å². The van der Waals surface area contributed by atoms with Gasteiger partial charge in [0.2, 0.25) is 0 Å². The summed E-state index contributed by atoms with van der Waals surface area (Å²) in [7, 11) is 0. The van der Waals surface area contributed by atoms with Crippen LogP contribution in [0.1, 0.15) is 21.6 Å². The van der Waals surface area contributed by atoms with Crippen molar-refractivity contribution in [3.05, 3.63) is 77.5 Å². The van der Waals surface area contributed by atoms with Crippen LogP contribution in [-0.4, -0.2) is 20.9 Å². The normalized spacial score (nSPS) is 10.5. The third-order valence-electron chi connectivity index (χ3n) is 3.82. The molecule has 0 aliphatic rings. The van der Waals surface area contributed by atoms with E-state index in [1.54, 1.807) is 30.5 Å². The van der Waals surface area contributed by atoms with Gasteiger partial charge in [-0.25, -0.2) is 14.4 Å². The summed E-state index contributed by atoms with van der Waals surface area (Å²) in [5.41, 5.74) is 7.70. The van der Waals surface area contributed by atoms with Crippen LogP contribution in [0.3, 0.4) is 0 Å². The molecule has 2 heterocycles. The fourth-order valence-corrected chi connectivity index (χ4v) is 2.46. The van der Waals surface area contributed by atoms with Gasteiger partial charge in [0.25, 0.3) is 0 Å². The molecule has 0 saturated heterocycles. The lowest BCUT2D eigenvalue weighted by Gasteiger charge is -2.10. The molecule has 2 aromatic heterocycles. The van der Waals surface area contributed by atoms with Crippen molar-refractivity contribution in [2.24, 2.45) is 0 Å². The van der Waals surface area contributed by atoms with Gasteiger partial charge in [-0.3, -0.25) is 4.79 Å². The Morgan fingerprint density at radius 2 is 2.04 bits per heavy atom. The Morgan fingerprint density at radius 1 is 1.19 bits per heavy atom. The van der Waals surface area contributed by atoms with Gasteiger partial charge in [-0.1, -0.05) is 12.1 Å². The topological polar surface area (TPSA) is 101 Å². The van der Waals surface area contributed by atoms with Gasteiger partial charge in [-0.05, 0) is 35.9 Å². The third-order valence-corrected chi connectivity index (χ3v) is 3.82. The van der Waals surface area contributed by atoms with Gasteiger partial charge in [0, 0.05) is 24.7 Å². The van der Waals surface area contributed by atoms with Crippen molar-refractivity contribution >= 4 is 17.3 Å². The molecule has 0 radical (unpaired) electrons. The minimum atomic E-state index is -0.376. The summed E-state index contributed by atoms with van der Waals surface area (Å²) in [6.07, 6.45) is 2.87. The van der Waals surface area contributed by atoms with E-state index in [1.165, 1.54) is 24.4 Å². The molecule has 0 aliphatic heterocycles. The van der Waals surface area contributed by atoms with Crippen LogP contribution >= 0.6 is 0 Å². The molecular formula is C19H17FN4O2. The minimum absolute atomic E-state index is 0.00799. The Labute approximate surface area is 149 Å². The summed E-state index contributed by atoms with van der Waals surface area (Å²) in [5.74, 6) is -0.269. The maximum Gasteiger partial charge on any atom is 0.185 e. The number of Topliss-reactive ketones (excluding diaryl/α,β-unsaturated/α-hetero) is 1. The Hall–Kier alpha value is -3.48. The number of aromatic nitrogens is 2. The van der Waals surface area contributed by atoms with Crippen LogP contribution in [0.5, 0.6) is 5.75 Å². The predicted octanol–water partition coefficient (Wildman–Crippen LogP) is 2.94. The van der Waals surface area contributed by atoms with E-state index >= 15 is 0 Å². The highest BCUT2D eigenvalue weighted by Crippen LogP contribution is 2.18. The molecule has 132 valence electrons. The number of rotatable bonds is 6. The number of carbonyl (C=O) groups excluding carboxylic acids is 1. The first kappa shape index (κ1) is 17.3. The lowest BCUT2D eigenvalue weighted by Crippen LogP contribution is -2.08. The number of benzene rings is 1. The molecule has 26 heavy (non-hydrogen) atoms. The number of anilines is 2. The van der Waals surface area contributed by atoms with Gasteiger partial charge in [0.15, 0.2) is 5.78 Å². The van der Waals surface area contributed by atoms with Crippen LogP contribution in [-0.2, 0) is 13.0 Å². The van der Waals surface area contributed by atoms with Crippen LogP contribution in [0.15, 0.2) is 54.9 Å². The molecular weight excluding hydrogens is 335 g/mol. The zero-order chi connectivity index (χ0) is 18.5. The number of hydrogen-bond acceptors (Lipinski definition) is 6. The lowest BCUT2D eigenvalue weighted by atomic mass is 10.0. The smallest absolute Gasteiger partial charge is 0.185 e. The molecule has 0 saturated carbocycles. The van der Waals surface area contributed by atoms with Crippen molar-refractivity contribution < 1.29 is 14.3 Å². The van der Waals surface area contributed by atoms with Crippen molar-refractivity contribution in [3.8, 4) is 5.75 Å². The molecule has 3 rings (SSSR count). The van der Waals surface area contributed by atoms with Gasteiger partial charge in [0.05, 0.1) is 11.9 Å². The molecule has 3 aromatic rings. The van der Waals surface area contributed by atoms with E-state index in [0.717, 1.165) is 0 Å². The number of pyridine rings is 2. The first-order valence-corrected chi connectivity index (χ1v) is 7.93. The monoisotopic (exact) mass is 352 g/mol. The fraction of sp³-hybridized carbons (Fsp3) is 0.105. The predicted molar refractivity (Wildman–Crippen MR) is 96.3 cm³/mol. The SMILES string of the molecule is Nc1ncccc1NCc1cc(CC(=O)c2ccc(O)cn2)ccc1F. The largest absolute Gasteiger partial charge is 0.506 e. The van der Waals surface area contributed by atoms with Crippen LogP contribution < -0.4 is 11.1 Å². The highest BCUT2D eigenvalue weighted by atomic mass is 19.1. The minimum Gasteiger partial charge on any atom is -0.506 e. The van der Waals surface area contributed by atoms with Gasteiger partial charge in [-0.15, -0.1) is 0 Å². The summed E-state index contributed by atoms with van der Waals surface area (Å²) in [4.78, 5) is 20.1. The average Bonchev–Trinajstić information content (AvgIpc) is 2.64. The zero-order valence-corrected chi connectivity index (χ0v) is 13.8. The number of nitrogen functional groups attached to an aromatic ring is 1. The van der Waals surface area contributed by atoms with E-state index in [1.807, 2.05) is 0 Å². The van der Waals surface area contributed by atoms with Gasteiger partial charge in [0.1, 0.15) is 23.1 Å². The summed E-state index contributed by atoms with van der Waals surface area (Å²) < 4.78 is 14.1. The summed E-state index contributed by atoms with van der Waals surface area (Å²) in [6.45, 7) is 0.210. The molecule has 7 heteroatoms. The summed E-state index contributed by atoms with van der Waals surface area (Å²) in [5, 5.41) is 12.3. The van der Waals surface area contributed by atoms with E-state index in [4.69, 9.17) is 5.73 Å². The summed E-state index contributed by atoms with van der Waals surface area (Å²) in [6, 6.07) is 10.9. The number of ketones is 1. The van der Waals surface area contributed by atoms with E-state index in [2.05, 4.69) is 15.3 Å². The van der Waals surface area contributed by atoms with Crippen molar-refractivity contribution in [2.75, 3.05) is 11.1 Å². The van der Waals surface area contributed by atoms with E-state index < -0.39 is 0 Å². The molecule has 0 aliphatic carbocycles. The number of carbonyl (C=O) groups is 1. The lowest BCUT2D eigenvalue weighted by molar-refractivity contribution is 0.0988. The second-order valence-corrected chi connectivity index (χ2v) is 5.72. The first-order valence-electron chi connectivity index (χ1n) is 7.93. The number of aromatic hydroxyl groups is 1. The Balaban J connectivity index is 1.72. The molecule has 0 atom stereocenters. The van der Waals surface area contributed by atoms with Crippen LogP contribution in [0.4, 0.5) is 15.9 Å². The first-order chi connectivity index (χ1) is 12.5. The van der Waals surface area contributed by atoms with Crippen molar-refractivity contribution in [3.63, 3.8) is 0 Å². The maximum atomic E-state index is 14.1. The van der Waals surface area contributed by atoms with Crippen molar-refractivity contribution in [1.82, 2.24) is 9.97 Å². The van der Waals surface area contributed by atoms with Crippen LogP contribution in [0.2, 0.25) is 0 Å². The van der Waals surface area contributed by atoms with Crippen LogP contribution in [0.25, 0.3) is 0 Å². The highest BCUT2D eigenvalue weighted by molar-refractivity contribution is 5.95. The average molecular weight is 352 g/mol. The number of hydrogen-bond donors (Lipinski definition) is 3. The number of nitrogens with one attached hydrogen (secondary N) is 1. The molecule has 0 unspecified atom stereocenters. The zero-order valence-electron chi connectivity index (χ0n) is 13.8. The fourth-order valence-electron chi connectivity index (χ4n) is 2.46. The van der Waals surface area contributed by atoms with E-state index in [-0.39, 0.29) is 36.0 Å². The van der Waals surface area contributed by atoms with Gasteiger partial charge >= 0.3 is 0 Å². The molecule has 0 amide bonds. The highest BCUT2D eigenvalue weighted by Gasteiger charge is 2.11. The Kier molecular flexibility index (Phi) is 5.07. The number of nitrogens with two attached hydrogens (primary N) is 1. The number of nitrogens with zero attached hydrogens (tertiary/aromatic N) is 2. The van der Waals surface area contributed by atoms with Crippen molar-refractivity contribution in [1.29, 1.82) is 0 Å². The second-order valence-electron chi connectivity index (χ2n) is 5.72. The molecule has 0 fully saturated rings. The molecule has 0 spiro atoms. The second kappa shape index (κ2) is 7.60. The summed E-state index contributed by atoms with van der Waals surface area (Å²) >= 11 is 0. The molecule has 6 nitrogen and oxygen atoms in total. The Morgan fingerprint density at radius 3 is 2.77 bits per heavy atom. The third kappa shape index (κ3) is 4.13. The van der Waals surface area contributed by atoms with Gasteiger partial charge in [-0.2, -0.15) is 0 Å².